The molecule has 1 saturated heterocycles. The maximum absolute atomic E-state index is 12.9. The van der Waals surface area contributed by atoms with Crippen LogP contribution in [0.4, 0.5) is 0 Å². The molecule has 6 nitrogen and oxygen atoms in total. The minimum atomic E-state index is -0.0117. The molecule has 2 amide bonds. The number of aromatic nitrogens is 1. The Morgan fingerprint density at radius 2 is 2.12 bits per heavy atom. The van der Waals surface area contributed by atoms with Gasteiger partial charge in [-0.25, -0.2) is 0 Å². The maximum atomic E-state index is 12.9. The number of thiophene rings is 1. The average molecular weight is 363 g/mol. The van der Waals surface area contributed by atoms with Gasteiger partial charge in [-0.3, -0.25) is 9.59 Å². The van der Waals surface area contributed by atoms with E-state index in [1.54, 1.807) is 18.4 Å². The molecule has 136 valence electrons. The Morgan fingerprint density at radius 1 is 1.36 bits per heavy atom. The largest absolute Gasteiger partial charge is 0.383 e. The third-order valence-electron chi connectivity index (χ3n) is 4.82. The van der Waals surface area contributed by atoms with Crippen molar-refractivity contribution in [2.45, 2.75) is 26.3 Å². The minimum absolute atomic E-state index is 0.0117. The summed E-state index contributed by atoms with van der Waals surface area (Å²) in [6.45, 7) is 5.15. The van der Waals surface area contributed by atoms with Gasteiger partial charge in [-0.2, -0.15) is 0 Å². The predicted octanol–water partition coefficient (Wildman–Crippen LogP) is 2.34. The Hall–Kier alpha value is -1.86. The molecule has 0 saturated carbocycles. The Kier molecular flexibility index (Phi) is 5.75. The van der Waals surface area contributed by atoms with Crippen LogP contribution in [-0.2, 0) is 16.1 Å². The van der Waals surface area contributed by atoms with Crippen molar-refractivity contribution in [1.29, 1.82) is 0 Å². The zero-order chi connectivity index (χ0) is 17.8. The molecule has 0 aromatic carbocycles. The highest BCUT2D eigenvalue weighted by Gasteiger charge is 2.29. The fraction of sp³-hybridized carbons (Fsp3) is 0.556. The maximum Gasteiger partial charge on any atom is 0.270 e. The average Bonchev–Trinajstić information content (AvgIpc) is 3.22. The van der Waals surface area contributed by atoms with Crippen molar-refractivity contribution in [3.63, 3.8) is 0 Å². The normalized spacial score (nSPS) is 15.7. The van der Waals surface area contributed by atoms with Crippen LogP contribution in [0.3, 0.4) is 0 Å². The molecule has 1 aliphatic heterocycles. The number of carbonyl (C=O) groups is 2. The Bertz CT molecular complexity index is 744. The van der Waals surface area contributed by atoms with Gasteiger partial charge in [-0.15, -0.1) is 11.3 Å². The van der Waals surface area contributed by atoms with E-state index in [9.17, 15) is 9.59 Å². The number of hydrogen-bond acceptors (Lipinski definition) is 4. The van der Waals surface area contributed by atoms with Crippen molar-refractivity contribution in [2.75, 3.05) is 33.4 Å². The van der Waals surface area contributed by atoms with E-state index in [1.165, 1.54) is 0 Å². The van der Waals surface area contributed by atoms with Crippen LogP contribution in [0, 0.1) is 5.92 Å². The molecule has 2 aromatic rings. The summed E-state index contributed by atoms with van der Waals surface area (Å²) >= 11 is 1.66. The standard InChI is InChI=1S/C18H25N3O3S/c1-3-21-14-6-11-25-16(14)12-15(21)18(23)20-8-4-13(5-9-20)17(22)19-7-10-24-2/h6,11-13H,3-5,7-10H2,1-2H3,(H,19,22). The highest BCUT2D eigenvalue weighted by atomic mass is 32.1. The number of amides is 2. The van der Waals surface area contributed by atoms with Gasteiger partial charge in [0.2, 0.25) is 5.91 Å². The summed E-state index contributed by atoms with van der Waals surface area (Å²) in [5.74, 6) is 0.132. The molecular formula is C18H25N3O3S. The van der Waals surface area contributed by atoms with E-state index in [2.05, 4.69) is 28.3 Å². The molecular weight excluding hydrogens is 338 g/mol. The lowest BCUT2D eigenvalue weighted by molar-refractivity contribution is -0.126. The quantitative estimate of drug-likeness (QED) is 0.801. The van der Waals surface area contributed by atoms with Crippen molar-refractivity contribution < 1.29 is 14.3 Å². The molecule has 0 radical (unpaired) electrons. The van der Waals surface area contributed by atoms with Gasteiger partial charge in [0.25, 0.3) is 5.91 Å². The Balaban J connectivity index is 1.61. The Morgan fingerprint density at radius 3 is 2.80 bits per heavy atom. The van der Waals surface area contributed by atoms with E-state index in [4.69, 9.17) is 4.74 Å². The molecule has 2 aromatic heterocycles. The fourth-order valence-electron chi connectivity index (χ4n) is 3.42. The van der Waals surface area contributed by atoms with Gasteiger partial charge in [-0.1, -0.05) is 0 Å². The van der Waals surface area contributed by atoms with Gasteiger partial charge in [-0.05, 0) is 37.3 Å². The van der Waals surface area contributed by atoms with Crippen LogP contribution in [0.1, 0.15) is 30.3 Å². The van der Waals surface area contributed by atoms with Crippen LogP contribution >= 0.6 is 11.3 Å². The lowest BCUT2D eigenvalue weighted by Gasteiger charge is -2.31. The number of piperidine rings is 1. The van der Waals surface area contributed by atoms with E-state index in [1.807, 2.05) is 11.0 Å². The highest BCUT2D eigenvalue weighted by Crippen LogP contribution is 2.27. The molecule has 3 heterocycles. The van der Waals surface area contributed by atoms with Gasteiger partial charge in [0.05, 0.1) is 16.8 Å². The molecule has 0 aliphatic carbocycles. The molecule has 3 rings (SSSR count). The van der Waals surface area contributed by atoms with E-state index < -0.39 is 0 Å². The SMILES string of the molecule is CCn1c(C(=O)N2CCC(C(=O)NCCOC)CC2)cc2sccc21. The summed E-state index contributed by atoms with van der Waals surface area (Å²) < 4.78 is 8.18. The number of nitrogens with zero attached hydrogens (tertiary/aromatic N) is 2. The third-order valence-corrected chi connectivity index (χ3v) is 5.67. The molecule has 0 unspecified atom stereocenters. The summed E-state index contributed by atoms with van der Waals surface area (Å²) in [5.41, 5.74) is 1.88. The van der Waals surface area contributed by atoms with Crippen molar-refractivity contribution in [3.8, 4) is 0 Å². The van der Waals surface area contributed by atoms with Crippen LogP contribution in [-0.4, -0.2) is 54.6 Å². The smallest absolute Gasteiger partial charge is 0.270 e. The van der Waals surface area contributed by atoms with E-state index in [0.717, 1.165) is 22.5 Å². The molecule has 1 N–H and O–H groups in total. The number of fused-ring (bicyclic) bond motifs is 1. The zero-order valence-corrected chi connectivity index (χ0v) is 15.6. The lowest BCUT2D eigenvalue weighted by Crippen LogP contribution is -2.44. The molecule has 0 bridgehead atoms. The van der Waals surface area contributed by atoms with E-state index >= 15 is 0 Å². The van der Waals surface area contributed by atoms with Crippen LogP contribution in [0.5, 0.6) is 0 Å². The number of ether oxygens (including phenoxy) is 1. The second-order valence-corrected chi connectivity index (χ2v) is 7.24. The summed E-state index contributed by atoms with van der Waals surface area (Å²) in [6, 6.07) is 4.06. The van der Waals surface area contributed by atoms with Gasteiger partial charge >= 0.3 is 0 Å². The molecule has 1 aliphatic rings. The molecule has 7 heteroatoms. The van der Waals surface area contributed by atoms with Crippen LogP contribution in [0.25, 0.3) is 10.2 Å². The van der Waals surface area contributed by atoms with Crippen LogP contribution < -0.4 is 5.32 Å². The third kappa shape index (κ3) is 3.72. The lowest BCUT2D eigenvalue weighted by atomic mass is 9.95. The molecule has 0 spiro atoms. The Labute approximate surface area is 151 Å². The minimum Gasteiger partial charge on any atom is -0.383 e. The summed E-state index contributed by atoms with van der Waals surface area (Å²) in [7, 11) is 1.62. The summed E-state index contributed by atoms with van der Waals surface area (Å²) in [4.78, 5) is 26.9. The molecule has 25 heavy (non-hydrogen) atoms. The zero-order valence-electron chi connectivity index (χ0n) is 14.8. The van der Waals surface area contributed by atoms with E-state index in [0.29, 0.717) is 39.1 Å². The summed E-state index contributed by atoms with van der Waals surface area (Å²) in [6.07, 6.45) is 1.43. The van der Waals surface area contributed by atoms with Crippen LogP contribution in [0.15, 0.2) is 17.5 Å². The number of likely N-dealkylation sites (tertiary alicyclic amines) is 1. The topological polar surface area (TPSA) is 63.6 Å². The van der Waals surface area contributed by atoms with E-state index in [-0.39, 0.29) is 17.7 Å². The molecule has 0 atom stereocenters. The molecule has 1 fully saturated rings. The van der Waals surface area contributed by atoms with Gasteiger partial charge in [0.1, 0.15) is 5.69 Å². The predicted molar refractivity (Wildman–Crippen MR) is 99.0 cm³/mol. The van der Waals surface area contributed by atoms with Gasteiger partial charge in [0.15, 0.2) is 0 Å². The van der Waals surface area contributed by atoms with Crippen LogP contribution in [0.2, 0.25) is 0 Å². The number of hydrogen-bond donors (Lipinski definition) is 1. The first-order valence-electron chi connectivity index (χ1n) is 8.78. The fourth-order valence-corrected chi connectivity index (χ4v) is 4.24. The number of methoxy groups -OCH3 is 1. The number of aryl methyl sites for hydroxylation is 1. The number of rotatable bonds is 6. The van der Waals surface area contributed by atoms with Crippen molar-refractivity contribution >= 4 is 33.4 Å². The van der Waals surface area contributed by atoms with Gasteiger partial charge in [0, 0.05) is 39.2 Å². The second kappa shape index (κ2) is 8.01. The summed E-state index contributed by atoms with van der Waals surface area (Å²) in [5, 5.41) is 4.95. The van der Waals surface area contributed by atoms with Crippen molar-refractivity contribution in [1.82, 2.24) is 14.8 Å². The monoisotopic (exact) mass is 363 g/mol. The van der Waals surface area contributed by atoms with Gasteiger partial charge < -0.3 is 19.5 Å². The number of carbonyl (C=O) groups excluding carboxylic acids is 2. The first-order chi connectivity index (χ1) is 12.2. The first-order valence-corrected chi connectivity index (χ1v) is 9.66. The number of nitrogens with one attached hydrogen (secondary N) is 1. The van der Waals surface area contributed by atoms with Crippen molar-refractivity contribution in [2.24, 2.45) is 5.92 Å². The highest BCUT2D eigenvalue weighted by molar-refractivity contribution is 7.17. The van der Waals surface area contributed by atoms with Crippen molar-refractivity contribution in [3.05, 3.63) is 23.2 Å². The first kappa shape index (κ1) is 17.9. The second-order valence-electron chi connectivity index (χ2n) is 6.29.